The highest BCUT2D eigenvalue weighted by Gasteiger charge is 2.39. The summed E-state index contributed by atoms with van der Waals surface area (Å²) in [5.41, 5.74) is 0.265. The third-order valence-electron chi connectivity index (χ3n) is 4.00. The standard InChI is InChI=1S/C17H23F2N3O2S/c1-11-16(24)22(8-6-15(23)20-7-9-21(2)3)17(25-11)13-5-4-12(18)10-14(13)19/h4-5,10-11,17H,6-9H2,1-3H3,(H,20,23)/p+1/t11-,17-/m1/s1. The Labute approximate surface area is 150 Å². The van der Waals surface area contributed by atoms with Crippen LogP contribution in [-0.2, 0) is 9.59 Å². The fraction of sp³-hybridized carbons (Fsp3) is 0.529. The molecular formula is C17H24F2N3O2S+. The molecule has 2 N–H and O–H groups in total. The maximum absolute atomic E-state index is 14.1. The quantitative estimate of drug-likeness (QED) is 0.736. The Morgan fingerprint density at radius 2 is 2.08 bits per heavy atom. The van der Waals surface area contributed by atoms with Gasteiger partial charge >= 0.3 is 0 Å². The Balaban J connectivity index is 2.01. The molecule has 1 aromatic rings. The summed E-state index contributed by atoms with van der Waals surface area (Å²) in [5.74, 6) is -1.61. The summed E-state index contributed by atoms with van der Waals surface area (Å²) in [7, 11) is 3.99. The molecule has 1 aliphatic heterocycles. The number of nitrogens with one attached hydrogen (secondary N) is 2. The van der Waals surface area contributed by atoms with E-state index >= 15 is 0 Å². The Hall–Kier alpha value is -1.67. The molecular weight excluding hydrogens is 348 g/mol. The van der Waals surface area contributed by atoms with Gasteiger partial charge in [-0.2, -0.15) is 0 Å². The lowest BCUT2D eigenvalue weighted by molar-refractivity contribution is -0.856. The zero-order valence-corrected chi connectivity index (χ0v) is 15.5. The van der Waals surface area contributed by atoms with E-state index in [2.05, 4.69) is 5.32 Å². The normalized spacial score (nSPS) is 20.4. The van der Waals surface area contributed by atoms with Crippen LogP contribution in [0, 0.1) is 11.6 Å². The highest BCUT2D eigenvalue weighted by atomic mass is 32.2. The number of carbonyl (C=O) groups excluding carboxylic acids is 2. The second-order valence-corrected chi connectivity index (χ2v) is 7.81. The van der Waals surface area contributed by atoms with Crippen LogP contribution in [-0.4, -0.2) is 55.7 Å². The summed E-state index contributed by atoms with van der Waals surface area (Å²) >= 11 is 1.31. The van der Waals surface area contributed by atoms with Gasteiger partial charge in [-0.05, 0) is 13.0 Å². The Morgan fingerprint density at radius 3 is 2.72 bits per heavy atom. The highest BCUT2D eigenvalue weighted by Crippen LogP contribution is 2.43. The fourth-order valence-electron chi connectivity index (χ4n) is 2.61. The smallest absolute Gasteiger partial charge is 0.236 e. The van der Waals surface area contributed by atoms with Crippen LogP contribution >= 0.6 is 11.8 Å². The van der Waals surface area contributed by atoms with Crippen molar-refractivity contribution in [1.82, 2.24) is 10.2 Å². The van der Waals surface area contributed by atoms with Crippen molar-refractivity contribution in [3.05, 3.63) is 35.4 Å². The first-order chi connectivity index (χ1) is 11.8. The van der Waals surface area contributed by atoms with Crippen LogP contribution < -0.4 is 10.2 Å². The lowest BCUT2D eigenvalue weighted by Crippen LogP contribution is -3.06. The Kier molecular flexibility index (Phi) is 6.78. The van der Waals surface area contributed by atoms with Crippen LogP contribution in [0.3, 0.4) is 0 Å². The monoisotopic (exact) mass is 372 g/mol. The maximum Gasteiger partial charge on any atom is 0.236 e. The molecule has 8 heteroatoms. The summed E-state index contributed by atoms with van der Waals surface area (Å²) in [6, 6.07) is 3.36. The second kappa shape index (κ2) is 8.62. The van der Waals surface area contributed by atoms with Crippen LogP contribution in [0.4, 0.5) is 8.78 Å². The van der Waals surface area contributed by atoms with E-state index in [1.807, 2.05) is 14.1 Å². The number of carbonyl (C=O) groups is 2. The number of nitrogens with zero attached hydrogens (tertiary/aromatic N) is 1. The van der Waals surface area contributed by atoms with Gasteiger partial charge in [0.1, 0.15) is 17.0 Å². The van der Waals surface area contributed by atoms with Gasteiger partial charge in [-0.15, -0.1) is 11.8 Å². The summed E-state index contributed by atoms with van der Waals surface area (Å²) in [5, 5.41) is 1.95. The van der Waals surface area contributed by atoms with Gasteiger partial charge in [0.25, 0.3) is 0 Å². The van der Waals surface area contributed by atoms with Gasteiger partial charge in [0.15, 0.2) is 0 Å². The number of likely N-dealkylation sites (N-methyl/N-ethyl adjacent to an activating group) is 1. The lowest BCUT2D eigenvalue weighted by Gasteiger charge is -2.24. The van der Waals surface area contributed by atoms with Crippen LogP contribution in [0.15, 0.2) is 18.2 Å². The Bertz CT molecular complexity index is 642. The summed E-state index contributed by atoms with van der Waals surface area (Å²) in [6.07, 6.45) is 0.154. The minimum absolute atomic E-state index is 0.135. The predicted molar refractivity (Wildman–Crippen MR) is 93.2 cm³/mol. The number of quaternary nitrogens is 1. The van der Waals surface area contributed by atoms with Crippen LogP contribution in [0.5, 0.6) is 0 Å². The van der Waals surface area contributed by atoms with E-state index in [4.69, 9.17) is 0 Å². The zero-order chi connectivity index (χ0) is 18.6. The van der Waals surface area contributed by atoms with E-state index in [1.54, 1.807) is 6.92 Å². The van der Waals surface area contributed by atoms with Crippen LogP contribution in [0.25, 0.3) is 0 Å². The molecule has 25 heavy (non-hydrogen) atoms. The van der Waals surface area contributed by atoms with E-state index in [-0.39, 0.29) is 35.6 Å². The van der Waals surface area contributed by atoms with Gasteiger partial charge in [-0.3, -0.25) is 9.59 Å². The molecule has 1 aliphatic rings. The number of hydrogen-bond acceptors (Lipinski definition) is 3. The lowest BCUT2D eigenvalue weighted by atomic mass is 10.1. The van der Waals surface area contributed by atoms with Crippen molar-refractivity contribution in [3.63, 3.8) is 0 Å². The third-order valence-corrected chi connectivity index (χ3v) is 5.38. The Morgan fingerprint density at radius 1 is 1.36 bits per heavy atom. The molecule has 2 amide bonds. The van der Waals surface area contributed by atoms with Crippen molar-refractivity contribution in [2.45, 2.75) is 24.0 Å². The molecule has 0 saturated carbocycles. The molecule has 2 rings (SSSR count). The fourth-order valence-corrected chi connectivity index (χ4v) is 3.94. The largest absolute Gasteiger partial charge is 0.350 e. The molecule has 0 spiro atoms. The molecule has 0 bridgehead atoms. The van der Waals surface area contributed by atoms with E-state index in [9.17, 15) is 18.4 Å². The average molecular weight is 372 g/mol. The van der Waals surface area contributed by atoms with E-state index in [1.165, 1.54) is 33.7 Å². The molecule has 1 heterocycles. The van der Waals surface area contributed by atoms with Gasteiger partial charge < -0.3 is 15.1 Å². The molecule has 1 saturated heterocycles. The van der Waals surface area contributed by atoms with Crippen LogP contribution in [0.1, 0.15) is 24.3 Å². The number of rotatable bonds is 7. The maximum atomic E-state index is 14.1. The number of hydrogen-bond donors (Lipinski definition) is 2. The topological polar surface area (TPSA) is 53.9 Å². The first-order valence-corrected chi connectivity index (χ1v) is 9.20. The predicted octanol–water partition coefficient (Wildman–Crippen LogP) is 0.578. The second-order valence-electron chi connectivity index (χ2n) is 6.39. The minimum Gasteiger partial charge on any atom is -0.350 e. The van der Waals surface area contributed by atoms with Crippen molar-refractivity contribution < 1.29 is 23.3 Å². The van der Waals surface area contributed by atoms with Gasteiger partial charge in [0.05, 0.1) is 32.4 Å². The molecule has 1 fully saturated rings. The zero-order valence-electron chi connectivity index (χ0n) is 14.6. The van der Waals surface area contributed by atoms with Crippen LogP contribution in [0.2, 0.25) is 0 Å². The number of amides is 2. The van der Waals surface area contributed by atoms with Gasteiger partial charge in [0, 0.05) is 24.6 Å². The van der Waals surface area contributed by atoms with Crippen molar-refractivity contribution in [2.75, 3.05) is 33.7 Å². The molecule has 0 radical (unpaired) electrons. The summed E-state index contributed by atoms with van der Waals surface area (Å²) < 4.78 is 27.2. The van der Waals surface area contributed by atoms with Gasteiger partial charge in [-0.1, -0.05) is 6.07 Å². The van der Waals surface area contributed by atoms with E-state index in [0.717, 1.165) is 12.6 Å². The molecule has 5 nitrogen and oxygen atoms in total. The van der Waals surface area contributed by atoms with Crippen molar-refractivity contribution >= 4 is 23.6 Å². The van der Waals surface area contributed by atoms with Crippen molar-refractivity contribution in [2.24, 2.45) is 0 Å². The molecule has 0 aliphatic carbocycles. The molecule has 138 valence electrons. The highest BCUT2D eigenvalue weighted by molar-refractivity contribution is 8.01. The molecule has 0 aromatic heterocycles. The molecule has 1 aromatic carbocycles. The first-order valence-electron chi connectivity index (χ1n) is 8.26. The van der Waals surface area contributed by atoms with E-state index in [0.29, 0.717) is 6.54 Å². The molecule has 2 atom stereocenters. The van der Waals surface area contributed by atoms with Crippen molar-refractivity contribution in [3.8, 4) is 0 Å². The molecule has 0 unspecified atom stereocenters. The first kappa shape index (κ1) is 19.7. The minimum atomic E-state index is -0.678. The third kappa shape index (κ3) is 5.15. The summed E-state index contributed by atoms with van der Waals surface area (Å²) in [6.45, 7) is 3.33. The van der Waals surface area contributed by atoms with Gasteiger partial charge in [-0.25, -0.2) is 8.78 Å². The number of benzene rings is 1. The van der Waals surface area contributed by atoms with Crippen molar-refractivity contribution in [1.29, 1.82) is 0 Å². The number of thioether (sulfide) groups is 1. The number of halogens is 2. The van der Waals surface area contributed by atoms with E-state index < -0.39 is 17.0 Å². The SMILES string of the molecule is C[C@H]1S[C@H](c2ccc(F)cc2F)N(CCC(=O)NCC[NH+](C)C)C1=O. The summed E-state index contributed by atoms with van der Waals surface area (Å²) in [4.78, 5) is 27.0. The average Bonchev–Trinajstić information content (AvgIpc) is 2.80. The van der Waals surface area contributed by atoms with Gasteiger partial charge in [0.2, 0.25) is 11.8 Å².